The first-order chi connectivity index (χ1) is 9.26. The van der Waals surface area contributed by atoms with Crippen LogP contribution in [0.5, 0.6) is 0 Å². The lowest BCUT2D eigenvalue weighted by Crippen LogP contribution is -2.20. The van der Waals surface area contributed by atoms with Gasteiger partial charge in [-0.05, 0) is 24.2 Å². The van der Waals surface area contributed by atoms with Crippen LogP contribution in [-0.4, -0.2) is 24.6 Å². The Kier molecular flexibility index (Phi) is 5.02. The molecule has 1 aromatic rings. The number of aldehydes is 1. The molecule has 3 nitrogen and oxygen atoms in total. The van der Waals surface area contributed by atoms with Crippen molar-refractivity contribution in [1.29, 1.82) is 0 Å². The number of ether oxygens (including phenoxy) is 1. The van der Waals surface area contributed by atoms with Crippen molar-refractivity contribution in [2.45, 2.75) is 18.6 Å². The quantitative estimate of drug-likeness (QED) is 0.613. The molecule has 1 saturated heterocycles. The van der Waals surface area contributed by atoms with Gasteiger partial charge < -0.3 is 9.53 Å². The summed E-state index contributed by atoms with van der Waals surface area (Å²) in [5.74, 6) is 0.624. The van der Waals surface area contributed by atoms with Crippen molar-refractivity contribution in [3.8, 4) is 0 Å². The van der Waals surface area contributed by atoms with Crippen LogP contribution in [0.15, 0.2) is 30.3 Å². The van der Waals surface area contributed by atoms with E-state index in [9.17, 15) is 9.59 Å². The Bertz CT molecular complexity index is 432. The Morgan fingerprint density at radius 3 is 2.79 bits per heavy atom. The summed E-state index contributed by atoms with van der Waals surface area (Å²) in [4.78, 5) is 22.9. The van der Waals surface area contributed by atoms with Crippen LogP contribution < -0.4 is 0 Å². The van der Waals surface area contributed by atoms with Gasteiger partial charge in [0.05, 0.1) is 6.61 Å². The van der Waals surface area contributed by atoms with Crippen molar-refractivity contribution in [3.05, 3.63) is 35.9 Å². The maximum absolute atomic E-state index is 11.6. The maximum Gasteiger partial charge on any atom is 0.306 e. The molecule has 1 fully saturated rings. The van der Waals surface area contributed by atoms with Gasteiger partial charge in [-0.2, -0.15) is 11.8 Å². The number of carbonyl (C=O) groups excluding carboxylic acids is 2. The minimum atomic E-state index is -0.200. The van der Waals surface area contributed by atoms with E-state index in [1.807, 2.05) is 30.3 Å². The number of thioether (sulfide) groups is 1. The molecule has 19 heavy (non-hydrogen) atoms. The van der Waals surface area contributed by atoms with E-state index >= 15 is 0 Å². The number of hydrogen-bond donors (Lipinski definition) is 0. The zero-order valence-electron chi connectivity index (χ0n) is 11.0. The van der Waals surface area contributed by atoms with Crippen LogP contribution in [0.4, 0.5) is 0 Å². The van der Waals surface area contributed by atoms with E-state index in [0.717, 1.165) is 17.6 Å². The second-order valence-electron chi connectivity index (χ2n) is 4.65. The van der Waals surface area contributed by atoms with Gasteiger partial charge in [0.1, 0.15) is 6.29 Å². The minimum absolute atomic E-state index is 0.0896. The molecule has 0 aliphatic carbocycles. The number of hydrogen-bond acceptors (Lipinski definition) is 4. The third-order valence-electron chi connectivity index (χ3n) is 3.40. The summed E-state index contributed by atoms with van der Waals surface area (Å²) >= 11 is 1.76. The monoisotopic (exact) mass is 278 g/mol. The van der Waals surface area contributed by atoms with Crippen LogP contribution in [0.2, 0.25) is 0 Å². The Morgan fingerprint density at radius 1 is 1.42 bits per heavy atom. The summed E-state index contributed by atoms with van der Waals surface area (Å²) in [6.07, 6.45) is 1.34. The van der Waals surface area contributed by atoms with Gasteiger partial charge >= 0.3 is 5.97 Å². The van der Waals surface area contributed by atoms with Gasteiger partial charge in [0.2, 0.25) is 0 Å². The van der Waals surface area contributed by atoms with Crippen LogP contribution in [0.1, 0.15) is 24.2 Å². The van der Waals surface area contributed by atoms with Crippen LogP contribution in [0.25, 0.3) is 0 Å². The molecule has 0 saturated carbocycles. The molecule has 0 amide bonds. The Labute approximate surface area is 117 Å². The van der Waals surface area contributed by atoms with Crippen LogP contribution in [0.3, 0.4) is 0 Å². The van der Waals surface area contributed by atoms with Gasteiger partial charge in [-0.3, -0.25) is 4.79 Å². The van der Waals surface area contributed by atoms with Gasteiger partial charge in [-0.15, -0.1) is 0 Å². The zero-order chi connectivity index (χ0) is 13.7. The van der Waals surface area contributed by atoms with Crippen molar-refractivity contribution in [2.24, 2.45) is 11.8 Å². The first-order valence-corrected chi connectivity index (χ1v) is 7.58. The number of esters is 1. The normalized spacial score (nSPS) is 26.1. The van der Waals surface area contributed by atoms with E-state index in [1.54, 1.807) is 18.7 Å². The molecule has 0 bridgehead atoms. The molecule has 3 atom stereocenters. The molecule has 4 heteroatoms. The highest BCUT2D eigenvalue weighted by atomic mass is 32.2. The molecule has 1 heterocycles. The van der Waals surface area contributed by atoms with Crippen molar-refractivity contribution < 1.29 is 14.3 Å². The first-order valence-electron chi connectivity index (χ1n) is 6.53. The highest BCUT2D eigenvalue weighted by molar-refractivity contribution is 7.99. The molecular weight excluding hydrogens is 260 g/mol. The summed E-state index contributed by atoms with van der Waals surface area (Å²) in [7, 11) is 0. The highest BCUT2D eigenvalue weighted by Gasteiger charge is 2.38. The molecule has 0 N–H and O–H groups in total. The van der Waals surface area contributed by atoms with E-state index in [1.165, 1.54) is 0 Å². The van der Waals surface area contributed by atoms with E-state index in [0.29, 0.717) is 13.0 Å². The lowest BCUT2D eigenvalue weighted by Gasteiger charge is -2.18. The lowest BCUT2D eigenvalue weighted by atomic mass is 9.87. The summed E-state index contributed by atoms with van der Waals surface area (Å²) in [5, 5.41) is 0.165. The molecule has 1 aliphatic heterocycles. The molecule has 1 aromatic carbocycles. The van der Waals surface area contributed by atoms with E-state index in [-0.39, 0.29) is 23.1 Å². The Hall–Kier alpha value is -1.29. The van der Waals surface area contributed by atoms with E-state index < -0.39 is 0 Å². The van der Waals surface area contributed by atoms with E-state index in [4.69, 9.17) is 4.74 Å². The average molecular weight is 278 g/mol. The van der Waals surface area contributed by atoms with E-state index in [2.05, 4.69) is 0 Å². The third kappa shape index (κ3) is 3.38. The molecule has 0 radical (unpaired) electrons. The number of carbonyl (C=O) groups is 2. The smallest absolute Gasteiger partial charge is 0.306 e. The van der Waals surface area contributed by atoms with Crippen LogP contribution >= 0.6 is 11.8 Å². The summed E-state index contributed by atoms with van der Waals surface area (Å²) in [6.45, 7) is 2.19. The lowest BCUT2D eigenvalue weighted by molar-refractivity contribution is -0.144. The summed E-state index contributed by atoms with van der Waals surface area (Å²) < 4.78 is 4.97. The van der Waals surface area contributed by atoms with Gasteiger partial charge in [0.15, 0.2) is 0 Å². The topological polar surface area (TPSA) is 43.4 Å². The summed E-state index contributed by atoms with van der Waals surface area (Å²) in [6, 6.07) is 10.0. The number of benzene rings is 1. The van der Waals surface area contributed by atoms with Crippen molar-refractivity contribution in [2.75, 3.05) is 12.4 Å². The van der Waals surface area contributed by atoms with Gasteiger partial charge in [0.25, 0.3) is 0 Å². The minimum Gasteiger partial charge on any atom is -0.466 e. The second-order valence-corrected chi connectivity index (χ2v) is 5.82. The second kappa shape index (κ2) is 6.75. The first kappa shape index (κ1) is 14.1. The molecular formula is C15H18O3S. The molecule has 0 unspecified atom stereocenters. The largest absolute Gasteiger partial charge is 0.466 e. The van der Waals surface area contributed by atoms with Gasteiger partial charge in [-0.1, -0.05) is 30.3 Å². The molecule has 102 valence electrons. The molecule has 1 aliphatic rings. The standard InChI is InChI=1S/C15H18O3S/c1-2-18-14(17)8-12-10-19-15(13(12)9-16)11-6-4-3-5-7-11/h3-7,9,12-13,15H,2,8,10H2,1H3/t12-,13+,15-/m1/s1. The Morgan fingerprint density at radius 2 is 2.16 bits per heavy atom. The maximum atomic E-state index is 11.6. The van der Waals surface area contributed by atoms with Gasteiger partial charge in [0, 0.05) is 17.6 Å². The third-order valence-corrected chi connectivity index (χ3v) is 4.97. The fourth-order valence-electron chi connectivity index (χ4n) is 2.47. The highest BCUT2D eigenvalue weighted by Crippen LogP contribution is 2.48. The predicted octanol–water partition coefficient (Wildman–Crippen LogP) is 2.86. The van der Waals surface area contributed by atoms with Crippen molar-refractivity contribution >= 4 is 24.0 Å². The van der Waals surface area contributed by atoms with Crippen molar-refractivity contribution in [3.63, 3.8) is 0 Å². The number of rotatable bonds is 5. The predicted molar refractivity (Wildman–Crippen MR) is 75.9 cm³/mol. The fourth-order valence-corrected chi connectivity index (χ4v) is 4.12. The molecule has 2 rings (SSSR count). The van der Waals surface area contributed by atoms with Crippen LogP contribution in [0, 0.1) is 11.8 Å². The average Bonchev–Trinajstić information content (AvgIpc) is 2.82. The Balaban J connectivity index is 2.05. The van der Waals surface area contributed by atoms with Gasteiger partial charge in [-0.25, -0.2) is 0 Å². The fraction of sp³-hybridized carbons (Fsp3) is 0.467. The molecule has 0 aromatic heterocycles. The SMILES string of the molecule is CCOC(=O)C[C@@H]1CS[C@H](c2ccccc2)[C@H]1C=O. The van der Waals surface area contributed by atoms with Crippen molar-refractivity contribution in [1.82, 2.24) is 0 Å². The zero-order valence-corrected chi connectivity index (χ0v) is 11.8. The summed E-state index contributed by atoms with van der Waals surface area (Å²) in [5.41, 5.74) is 1.16. The van der Waals surface area contributed by atoms with Crippen LogP contribution in [-0.2, 0) is 14.3 Å². The molecule has 0 spiro atoms.